The van der Waals surface area contributed by atoms with Gasteiger partial charge in [0, 0.05) is 32.9 Å². The lowest BCUT2D eigenvalue weighted by Crippen LogP contribution is -2.19. The van der Waals surface area contributed by atoms with E-state index in [1.807, 2.05) is 0 Å². The first-order valence-corrected chi connectivity index (χ1v) is 11.8. The number of non-ortho nitro benzene ring substituents is 1. The summed E-state index contributed by atoms with van der Waals surface area (Å²) in [5, 5.41) is 19.1. The van der Waals surface area contributed by atoms with Crippen molar-refractivity contribution >= 4 is 85.0 Å². The maximum atomic E-state index is 11.9. The van der Waals surface area contributed by atoms with Crippen LogP contribution in [0.3, 0.4) is 0 Å². The third-order valence-electron chi connectivity index (χ3n) is 4.67. The minimum Gasteiger partial charge on any atom is -0.465 e. The van der Waals surface area contributed by atoms with Crippen LogP contribution in [-0.2, 0) is 4.74 Å². The molecule has 2 N–H and O–H groups in total. The van der Waals surface area contributed by atoms with E-state index in [2.05, 4.69) is 10.6 Å². The molecule has 35 heavy (non-hydrogen) atoms. The van der Waals surface area contributed by atoms with Crippen LogP contribution in [0.2, 0.25) is 10.0 Å². The Morgan fingerprint density at radius 1 is 1.00 bits per heavy atom. The number of nitro benzene ring substituents is 1. The summed E-state index contributed by atoms with van der Waals surface area (Å²) in [7, 11) is 1.29. The number of benzene rings is 3. The molecule has 0 spiro atoms. The third kappa shape index (κ3) is 5.80. The first kappa shape index (κ1) is 24.7. The number of halogens is 2. The highest BCUT2D eigenvalue weighted by atomic mass is 35.5. The Morgan fingerprint density at radius 3 is 2.40 bits per heavy atom. The van der Waals surface area contributed by atoms with Crippen LogP contribution < -0.4 is 15.4 Å². The van der Waals surface area contributed by atoms with Crippen molar-refractivity contribution < 1.29 is 19.2 Å². The molecule has 0 saturated heterocycles. The predicted molar refractivity (Wildman–Crippen MR) is 143 cm³/mol. The van der Waals surface area contributed by atoms with E-state index in [1.165, 1.54) is 30.6 Å². The van der Waals surface area contributed by atoms with Gasteiger partial charge in [-0.25, -0.2) is 4.79 Å². The molecule has 0 fully saturated rings. The van der Waals surface area contributed by atoms with Crippen molar-refractivity contribution in [1.29, 1.82) is 0 Å². The molecule has 1 heterocycles. The molecule has 0 amide bonds. The molecule has 0 aliphatic heterocycles. The summed E-state index contributed by atoms with van der Waals surface area (Å²) in [6.45, 7) is 0. The minimum atomic E-state index is -0.524. The second-order valence-corrected chi connectivity index (χ2v) is 9.33. The second-order valence-electron chi connectivity index (χ2n) is 7.06. The highest BCUT2D eigenvalue weighted by Gasteiger charge is 2.18. The Bertz CT molecular complexity index is 1460. The van der Waals surface area contributed by atoms with Crippen molar-refractivity contribution in [1.82, 2.24) is 0 Å². The van der Waals surface area contributed by atoms with Gasteiger partial charge in [0.25, 0.3) is 5.69 Å². The summed E-state index contributed by atoms with van der Waals surface area (Å²) in [5.74, 6) is 0.206. The number of methoxy groups -OCH3 is 1. The van der Waals surface area contributed by atoms with Crippen molar-refractivity contribution in [3.05, 3.63) is 85.7 Å². The number of carbonyl (C=O) groups excluding carboxylic acids is 1. The fourth-order valence-electron chi connectivity index (χ4n) is 3.12. The molecule has 0 unspecified atom stereocenters. The average molecular weight is 548 g/mol. The zero-order valence-corrected chi connectivity index (χ0v) is 21.0. The monoisotopic (exact) mass is 547 g/mol. The largest absolute Gasteiger partial charge is 0.465 e. The summed E-state index contributed by atoms with van der Waals surface area (Å²) < 4.78 is 11.3. The van der Waals surface area contributed by atoms with E-state index in [-0.39, 0.29) is 16.5 Å². The molecule has 8 nitrogen and oxygen atoms in total. The maximum absolute atomic E-state index is 11.9. The van der Waals surface area contributed by atoms with Gasteiger partial charge < -0.3 is 20.1 Å². The summed E-state index contributed by atoms with van der Waals surface area (Å²) in [6.07, 6.45) is 0. The van der Waals surface area contributed by atoms with E-state index in [4.69, 9.17) is 44.9 Å². The third-order valence-corrected chi connectivity index (χ3v) is 6.76. The molecule has 4 rings (SSSR count). The first-order valence-electron chi connectivity index (χ1n) is 9.85. The van der Waals surface area contributed by atoms with Gasteiger partial charge in [-0.1, -0.05) is 23.2 Å². The van der Waals surface area contributed by atoms with Crippen LogP contribution in [0, 0.1) is 10.1 Å². The molecule has 0 bridgehead atoms. The summed E-state index contributed by atoms with van der Waals surface area (Å²) >= 11 is 18.8. The van der Waals surface area contributed by atoms with Crippen LogP contribution in [0.4, 0.5) is 17.1 Å². The second kappa shape index (κ2) is 10.4. The number of thiocarbonyl (C=S) groups is 1. The fraction of sp³-hybridized carbons (Fsp3) is 0.0435. The predicted octanol–water partition coefficient (Wildman–Crippen LogP) is 7.50. The average Bonchev–Trinajstić information content (AvgIpc) is 3.15. The summed E-state index contributed by atoms with van der Waals surface area (Å²) in [5.41, 5.74) is 0.813. The van der Waals surface area contributed by atoms with E-state index >= 15 is 0 Å². The van der Waals surface area contributed by atoms with Crippen LogP contribution in [0.1, 0.15) is 9.67 Å². The van der Waals surface area contributed by atoms with E-state index in [0.717, 1.165) is 4.70 Å². The highest BCUT2D eigenvalue weighted by molar-refractivity contribution is 7.80. The Balaban J connectivity index is 1.53. The topological polar surface area (TPSA) is 103 Å². The van der Waals surface area contributed by atoms with Gasteiger partial charge in [0.1, 0.15) is 16.4 Å². The van der Waals surface area contributed by atoms with Crippen molar-refractivity contribution in [2.24, 2.45) is 0 Å². The SMILES string of the molecule is COC(=O)c1sc2cc(NC(=S)Nc3cc(Oc4ccc(Cl)cc4)cc([N+](=O)[O-])c3)ccc2c1Cl. The summed E-state index contributed by atoms with van der Waals surface area (Å²) in [6, 6.07) is 16.1. The van der Waals surface area contributed by atoms with Gasteiger partial charge in [-0.15, -0.1) is 11.3 Å². The van der Waals surface area contributed by atoms with Crippen LogP contribution >= 0.6 is 46.8 Å². The molecule has 178 valence electrons. The van der Waals surface area contributed by atoms with Gasteiger partial charge >= 0.3 is 5.97 Å². The molecular weight excluding hydrogens is 533 g/mol. The molecule has 0 atom stereocenters. The van der Waals surface area contributed by atoms with Crippen LogP contribution in [-0.4, -0.2) is 23.1 Å². The van der Waals surface area contributed by atoms with Crippen molar-refractivity contribution in [3.8, 4) is 11.5 Å². The number of fused-ring (bicyclic) bond motifs is 1. The first-order chi connectivity index (χ1) is 16.7. The van der Waals surface area contributed by atoms with Crippen molar-refractivity contribution in [2.75, 3.05) is 17.7 Å². The van der Waals surface area contributed by atoms with Gasteiger partial charge in [-0.05, 0) is 54.7 Å². The molecule has 0 radical (unpaired) electrons. The van der Waals surface area contributed by atoms with Gasteiger partial charge in [0.05, 0.1) is 28.8 Å². The van der Waals surface area contributed by atoms with Crippen LogP contribution in [0.25, 0.3) is 10.1 Å². The number of thiophene rings is 1. The lowest BCUT2D eigenvalue weighted by atomic mass is 10.2. The van der Waals surface area contributed by atoms with Crippen LogP contribution in [0.5, 0.6) is 11.5 Å². The number of nitro groups is 1. The Labute approximate surface area is 218 Å². The molecule has 0 aliphatic carbocycles. The van der Waals surface area contributed by atoms with Crippen LogP contribution in [0.15, 0.2) is 60.7 Å². The number of carbonyl (C=O) groups is 1. The Hall–Kier alpha value is -3.44. The number of nitrogens with one attached hydrogen (secondary N) is 2. The lowest BCUT2D eigenvalue weighted by molar-refractivity contribution is -0.384. The van der Waals surface area contributed by atoms with Crippen molar-refractivity contribution in [2.45, 2.75) is 0 Å². The zero-order chi connectivity index (χ0) is 25.1. The van der Waals surface area contributed by atoms with E-state index in [9.17, 15) is 14.9 Å². The number of ether oxygens (including phenoxy) is 2. The smallest absolute Gasteiger partial charge is 0.349 e. The Kier molecular flexibility index (Phi) is 7.37. The molecule has 3 aromatic carbocycles. The van der Waals surface area contributed by atoms with E-state index < -0.39 is 10.9 Å². The lowest BCUT2D eigenvalue weighted by Gasteiger charge is -2.12. The van der Waals surface area contributed by atoms with Gasteiger partial charge in [0.15, 0.2) is 5.11 Å². The number of anilines is 2. The summed E-state index contributed by atoms with van der Waals surface area (Å²) in [4.78, 5) is 23.1. The zero-order valence-electron chi connectivity index (χ0n) is 17.8. The normalized spacial score (nSPS) is 10.6. The van der Waals surface area contributed by atoms with Gasteiger partial charge in [-0.3, -0.25) is 10.1 Å². The number of hydrogen-bond acceptors (Lipinski definition) is 7. The molecule has 0 saturated carbocycles. The highest BCUT2D eigenvalue weighted by Crippen LogP contribution is 2.37. The molecule has 0 aliphatic rings. The standard InChI is InChI=1S/C23H15Cl2N3O5S2/c1-32-22(29)21-20(25)18-7-4-13(10-19(18)35-21)26-23(34)27-14-8-15(28(30)31)11-17(9-14)33-16-5-2-12(24)3-6-16/h2-11H,1H3,(H2,26,27,34). The Morgan fingerprint density at radius 2 is 1.71 bits per heavy atom. The van der Waals surface area contributed by atoms with E-state index in [0.29, 0.717) is 37.4 Å². The number of nitrogens with zero attached hydrogens (tertiary/aromatic N) is 1. The molecule has 12 heteroatoms. The quantitative estimate of drug-likeness (QED) is 0.111. The maximum Gasteiger partial charge on any atom is 0.349 e. The van der Waals surface area contributed by atoms with Crippen molar-refractivity contribution in [3.63, 3.8) is 0 Å². The van der Waals surface area contributed by atoms with Gasteiger partial charge in [-0.2, -0.15) is 0 Å². The number of hydrogen-bond donors (Lipinski definition) is 2. The fourth-order valence-corrected chi connectivity index (χ4v) is 4.95. The van der Waals surface area contributed by atoms with Gasteiger partial charge in [0.2, 0.25) is 0 Å². The molecule has 4 aromatic rings. The molecular formula is C23H15Cl2N3O5S2. The minimum absolute atomic E-state index is 0.174. The number of rotatable bonds is 6. The number of esters is 1. The molecule has 1 aromatic heterocycles. The van der Waals surface area contributed by atoms with E-state index in [1.54, 1.807) is 48.5 Å².